The third-order valence-corrected chi connectivity index (χ3v) is 6.09. The topological polar surface area (TPSA) is 75.1 Å². The zero-order valence-electron chi connectivity index (χ0n) is 16.6. The molecule has 0 aliphatic heterocycles. The maximum Gasteiger partial charge on any atom is 0.328 e. The highest BCUT2D eigenvalue weighted by Crippen LogP contribution is 2.35. The van der Waals surface area contributed by atoms with Gasteiger partial charge in [-0.3, -0.25) is 0 Å². The number of carboxylic acid groups (broad SMARTS) is 1. The number of carboxylic acids is 1. The van der Waals surface area contributed by atoms with E-state index in [4.69, 9.17) is 15.1 Å². The van der Waals surface area contributed by atoms with Crippen LogP contribution >= 0.6 is 23.7 Å². The summed E-state index contributed by atoms with van der Waals surface area (Å²) in [6.07, 6.45) is 2.70. The Bertz CT molecular complexity index is 1260. The molecule has 0 saturated heterocycles. The van der Waals surface area contributed by atoms with E-state index < -0.39 is 5.97 Å². The first-order valence-corrected chi connectivity index (χ1v) is 11.2. The lowest BCUT2D eigenvalue weighted by Crippen LogP contribution is -1.97. The number of aryl methyl sites for hydroxylation is 1. The molecule has 154 valence electrons. The van der Waals surface area contributed by atoms with Gasteiger partial charge in [0.15, 0.2) is 5.82 Å². The molecule has 3 aromatic carbocycles. The molecule has 1 heterocycles. The van der Waals surface area contributed by atoms with E-state index in [1.54, 1.807) is 6.08 Å². The molecule has 1 aromatic heterocycles. The Labute approximate surface area is 188 Å². The number of nitrogens with zero attached hydrogens (tertiary/aromatic N) is 2. The van der Waals surface area contributed by atoms with Gasteiger partial charge in [-0.15, -0.1) is 0 Å². The van der Waals surface area contributed by atoms with Gasteiger partial charge in [-0.25, -0.2) is 14.8 Å². The quantitative estimate of drug-likeness (QED) is 0.255. The molecule has 0 saturated carbocycles. The van der Waals surface area contributed by atoms with Crippen LogP contribution in [-0.2, 0) is 4.79 Å². The fourth-order valence-electron chi connectivity index (χ4n) is 2.80. The molecule has 4 aromatic rings. The van der Waals surface area contributed by atoms with E-state index in [0.717, 1.165) is 37.5 Å². The van der Waals surface area contributed by atoms with E-state index >= 15 is 0 Å². The van der Waals surface area contributed by atoms with Crippen LogP contribution in [0.15, 0.2) is 93.7 Å². The maximum atomic E-state index is 10.8. The molecule has 0 atom stereocenters. The summed E-state index contributed by atoms with van der Waals surface area (Å²) in [4.78, 5) is 22.4. The van der Waals surface area contributed by atoms with Crippen LogP contribution in [0.3, 0.4) is 0 Å². The summed E-state index contributed by atoms with van der Waals surface area (Å²) in [6.45, 7) is 2.06. The van der Waals surface area contributed by atoms with Crippen molar-refractivity contribution in [3.05, 3.63) is 90.0 Å². The molecule has 0 bridgehead atoms. The molecule has 0 amide bonds. The number of fused-ring (bicyclic) bond motifs is 1. The minimum Gasteiger partial charge on any atom is -0.478 e. The first-order chi connectivity index (χ1) is 15.1. The molecular formula is C24H19N3O2S2. The van der Waals surface area contributed by atoms with Crippen molar-refractivity contribution in [1.29, 1.82) is 0 Å². The van der Waals surface area contributed by atoms with Gasteiger partial charge in [0.2, 0.25) is 0 Å². The highest BCUT2D eigenvalue weighted by molar-refractivity contribution is 8.01. The van der Waals surface area contributed by atoms with E-state index in [9.17, 15) is 4.79 Å². The Morgan fingerprint density at radius 2 is 1.68 bits per heavy atom. The predicted molar refractivity (Wildman–Crippen MR) is 127 cm³/mol. The Balaban J connectivity index is 1.64. The second kappa shape index (κ2) is 9.68. The number of benzene rings is 3. The Morgan fingerprint density at radius 3 is 2.42 bits per heavy atom. The fourth-order valence-corrected chi connectivity index (χ4v) is 4.39. The van der Waals surface area contributed by atoms with Gasteiger partial charge in [-0.2, -0.15) is 0 Å². The molecule has 0 aliphatic rings. The average molecular weight is 446 g/mol. The van der Waals surface area contributed by atoms with E-state index in [-0.39, 0.29) is 0 Å². The number of rotatable bonds is 7. The second-order valence-corrected chi connectivity index (χ2v) is 8.67. The average Bonchev–Trinajstić information content (AvgIpc) is 2.77. The molecule has 2 N–H and O–H groups in total. The molecule has 0 spiro atoms. The molecule has 5 nitrogen and oxygen atoms in total. The van der Waals surface area contributed by atoms with Crippen molar-refractivity contribution in [3.63, 3.8) is 0 Å². The molecule has 0 unspecified atom stereocenters. The highest BCUT2D eigenvalue weighted by Gasteiger charge is 2.11. The van der Waals surface area contributed by atoms with Crippen molar-refractivity contribution < 1.29 is 9.90 Å². The summed E-state index contributed by atoms with van der Waals surface area (Å²) in [7, 11) is 0. The van der Waals surface area contributed by atoms with Gasteiger partial charge in [-0.05, 0) is 66.9 Å². The van der Waals surface area contributed by atoms with Crippen molar-refractivity contribution in [2.75, 3.05) is 4.72 Å². The first kappa shape index (κ1) is 21.0. The predicted octanol–water partition coefficient (Wildman–Crippen LogP) is 6.31. The van der Waals surface area contributed by atoms with E-state index in [1.165, 1.54) is 29.3 Å². The van der Waals surface area contributed by atoms with Crippen LogP contribution in [0.2, 0.25) is 0 Å². The van der Waals surface area contributed by atoms with Crippen LogP contribution in [-0.4, -0.2) is 21.0 Å². The minimum atomic E-state index is -0.974. The smallest absolute Gasteiger partial charge is 0.328 e. The van der Waals surface area contributed by atoms with Crippen LogP contribution in [0.5, 0.6) is 0 Å². The SMILES string of the molecule is Cc1ccc(SNc2nc3ccccc3nc2Sc2cccc(/C=C/C(=O)O)c2)cc1. The van der Waals surface area contributed by atoms with Crippen LogP contribution in [0, 0.1) is 6.92 Å². The number of hydrogen-bond acceptors (Lipinski definition) is 6. The minimum absolute atomic E-state index is 0.681. The van der Waals surface area contributed by atoms with Gasteiger partial charge in [0.1, 0.15) is 5.03 Å². The number of nitrogens with one attached hydrogen (secondary N) is 1. The molecule has 0 aliphatic carbocycles. The van der Waals surface area contributed by atoms with Crippen molar-refractivity contribution >= 4 is 52.6 Å². The Hall–Kier alpha value is -3.29. The van der Waals surface area contributed by atoms with Crippen LogP contribution < -0.4 is 4.72 Å². The van der Waals surface area contributed by atoms with Crippen LogP contribution in [0.1, 0.15) is 11.1 Å². The summed E-state index contributed by atoms with van der Waals surface area (Å²) in [5, 5.41) is 9.61. The number of para-hydroxylation sites is 2. The highest BCUT2D eigenvalue weighted by atomic mass is 32.2. The number of aromatic nitrogens is 2. The van der Waals surface area contributed by atoms with Crippen molar-refractivity contribution in [2.24, 2.45) is 0 Å². The van der Waals surface area contributed by atoms with E-state index in [0.29, 0.717) is 5.82 Å². The normalized spacial score (nSPS) is 11.1. The monoisotopic (exact) mass is 445 g/mol. The Kier molecular flexibility index (Phi) is 6.54. The second-order valence-electron chi connectivity index (χ2n) is 6.73. The number of hydrogen-bond donors (Lipinski definition) is 2. The molecule has 0 fully saturated rings. The number of anilines is 1. The lowest BCUT2D eigenvalue weighted by Gasteiger charge is -2.11. The third kappa shape index (κ3) is 5.65. The van der Waals surface area contributed by atoms with Gasteiger partial charge in [-0.1, -0.05) is 53.7 Å². The molecule has 7 heteroatoms. The molecular weight excluding hydrogens is 426 g/mol. The summed E-state index contributed by atoms with van der Waals surface area (Å²) in [5.41, 5.74) is 3.66. The summed E-state index contributed by atoms with van der Waals surface area (Å²) in [5.74, 6) is -0.293. The number of aliphatic carboxylic acids is 1. The van der Waals surface area contributed by atoms with Gasteiger partial charge >= 0.3 is 5.97 Å². The van der Waals surface area contributed by atoms with Gasteiger partial charge < -0.3 is 9.83 Å². The summed E-state index contributed by atoms with van der Waals surface area (Å²) < 4.78 is 3.35. The lowest BCUT2D eigenvalue weighted by atomic mass is 10.2. The maximum absolute atomic E-state index is 10.8. The van der Waals surface area contributed by atoms with Crippen LogP contribution in [0.4, 0.5) is 5.82 Å². The summed E-state index contributed by atoms with van der Waals surface area (Å²) in [6, 6.07) is 23.7. The lowest BCUT2D eigenvalue weighted by molar-refractivity contribution is -0.131. The van der Waals surface area contributed by atoms with Crippen molar-refractivity contribution in [1.82, 2.24) is 9.97 Å². The summed E-state index contributed by atoms with van der Waals surface area (Å²) >= 11 is 2.97. The van der Waals surface area contributed by atoms with E-state index in [2.05, 4.69) is 35.9 Å². The number of carbonyl (C=O) groups is 1. The third-order valence-electron chi connectivity index (χ3n) is 4.32. The molecule has 4 rings (SSSR count). The largest absolute Gasteiger partial charge is 0.478 e. The van der Waals surface area contributed by atoms with Gasteiger partial charge in [0.25, 0.3) is 0 Å². The zero-order valence-corrected chi connectivity index (χ0v) is 18.3. The molecule has 0 radical (unpaired) electrons. The zero-order chi connectivity index (χ0) is 21.6. The fraction of sp³-hybridized carbons (Fsp3) is 0.0417. The van der Waals surface area contributed by atoms with Crippen molar-refractivity contribution in [2.45, 2.75) is 21.7 Å². The van der Waals surface area contributed by atoms with Crippen molar-refractivity contribution in [3.8, 4) is 0 Å². The molecule has 31 heavy (non-hydrogen) atoms. The van der Waals surface area contributed by atoms with Gasteiger partial charge in [0, 0.05) is 15.9 Å². The standard InChI is InChI=1S/C24H19N3O2S2/c1-16-9-12-18(13-10-16)31-27-23-24(26-21-8-3-2-7-20(21)25-23)30-19-6-4-5-17(15-19)11-14-22(28)29/h2-15H,1H3,(H,25,27)(H,28,29)/b14-11+. The Morgan fingerprint density at radius 1 is 0.935 bits per heavy atom. The van der Waals surface area contributed by atoms with Crippen LogP contribution in [0.25, 0.3) is 17.1 Å². The first-order valence-electron chi connectivity index (χ1n) is 9.52. The van der Waals surface area contributed by atoms with Gasteiger partial charge in [0.05, 0.1) is 11.0 Å². The van der Waals surface area contributed by atoms with E-state index in [1.807, 2.05) is 48.5 Å².